The molecule has 1 heterocycles. The Hall–Kier alpha value is -1.82. The fourth-order valence-electron chi connectivity index (χ4n) is 7.23. The summed E-state index contributed by atoms with van der Waals surface area (Å²) in [5.41, 5.74) is 0. The maximum atomic E-state index is 13.0. The molecule has 1 aliphatic heterocycles. The van der Waals surface area contributed by atoms with Crippen molar-refractivity contribution in [3.8, 4) is 0 Å². The zero-order valence-electron chi connectivity index (χ0n) is 36.7. The lowest BCUT2D eigenvalue weighted by atomic mass is 9.98. The molecule has 0 aromatic rings. The molecule has 1 fully saturated rings. The number of allylic oxidation sites excluding steroid dienone is 4. The number of carbonyl (C=O) groups excluding carboxylic acids is 2. The van der Waals surface area contributed by atoms with Crippen molar-refractivity contribution in [3.63, 3.8) is 0 Å². The smallest absolute Gasteiger partial charge is 0.306 e. The van der Waals surface area contributed by atoms with Crippen LogP contribution in [0, 0.1) is 0 Å². The van der Waals surface area contributed by atoms with Crippen LogP contribution in [0.3, 0.4) is 0 Å². The second-order valence-corrected chi connectivity index (χ2v) is 15.7. The third-order valence-electron chi connectivity index (χ3n) is 10.6. The lowest BCUT2D eigenvalue weighted by Crippen LogP contribution is -2.62. The largest absolute Gasteiger partial charge is 0.463 e. The van der Waals surface area contributed by atoms with E-state index in [0.29, 0.717) is 12.8 Å². The van der Waals surface area contributed by atoms with Gasteiger partial charge in [-0.25, -0.2) is 0 Å². The van der Waals surface area contributed by atoms with E-state index in [1.54, 1.807) is 0 Å². The monoisotopic (exact) mass is 811 g/mol. The van der Waals surface area contributed by atoms with Gasteiger partial charge in [0.15, 0.2) is 12.4 Å². The summed E-state index contributed by atoms with van der Waals surface area (Å²) < 4.78 is 35.2. The van der Waals surface area contributed by atoms with E-state index in [4.69, 9.17) is 28.4 Å². The average molecular weight is 811 g/mol. The van der Waals surface area contributed by atoms with Crippen LogP contribution in [0.15, 0.2) is 24.3 Å². The predicted molar refractivity (Wildman–Crippen MR) is 229 cm³/mol. The number of hydrogen-bond acceptors (Lipinski definition) is 10. The number of rotatable bonds is 40. The number of aliphatic hydroxyl groups excluding tert-OH is 2. The highest BCUT2D eigenvalue weighted by Crippen LogP contribution is 2.30. The molecule has 3 unspecified atom stereocenters. The summed E-state index contributed by atoms with van der Waals surface area (Å²) in [4.78, 5) is 25.7. The number of esters is 2. The van der Waals surface area contributed by atoms with Crippen LogP contribution < -0.4 is 0 Å². The molecule has 57 heavy (non-hydrogen) atoms. The molecule has 0 aromatic carbocycles. The minimum Gasteiger partial charge on any atom is -0.463 e. The zero-order valence-corrected chi connectivity index (χ0v) is 36.7. The summed E-state index contributed by atoms with van der Waals surface area (Å²) in [6, 6.07) is 0. The highest BCUT2D eigenvalue weighted by molar-refractivity contribution is 5.70. The minimum atomic E-state index is -1.00. The Bertz CT molecular complexity index is 972. The molecule has 2 N–H and O–H groups in total. The van der Waals surface area contributed by atoms with Crippen molar-refractivity contribution in [3.05, 3.63) is 24.3 Å². The van der Waals surface area contributed by atoms with Crippen LogP contribution in [0.25, 0.3) is 0 Å². The first kappa shape index (κ1) is 53.2. The molecule has 334 valence electrons. The Morgan fingerprint density at radius 3 is 1.37 bits per heavy atom. The fraction of sp³-hybridized carbons (Fsp3) is 0.872. The van der Waals surface area contributed by atoms with E-state index in [2.05, 4.69) is 38.2 Å². The van der Waals surface area contributed by atoms with Crippen LogP contribution in [-0.2, 0) is 38.0 Å². The molecule has 10 nitrogen and oxygen atoms in total. The maximum Gasteiger partial charge on any atom is 0.306 e. The second kappa shape index (κ2) is 39.6. The highest BCUT2D eigenvalue weighted by Gasteiger charge is 2.50. The Morgan fingerprint density at radius 2 is 0.930 bits per heavy atom. The Kier molecular flexibility index (Phi) is 37.0. The maximum absolute atomic E-state index is 13.0. The van der Waals surface area contributed by atoms with Gasteiger partial charge in [0.2, 0.25) is 0 Å². The van der Waals surface area contributed by atoms with Crippen molar-refractivity contribution >= 4 is 11.9 Å². The molecule has 5 atom stereocenters. The highest BCUT2D eigenvalue weighted by atomic mass is 16.7. The first-order valence-corrected chi connectivity index (χ1v) is 23.3. The third-order valence-corrected chi connectivity index (χ3v) is 10.6. The quantitative estimate of drug-likeness (QED) is 0.0350. The van der Waals surface area contributed by atoms with Gasteiger partial charge in [-0.15, -0.1) is 0 Å². The van der Waals surface area contributed by atoms with Gasteiger partial charge in [-0.3, -0.25) is 9.59 Å². The van der Waals surface area contributed by atoms with Crippen molar-refractivity contribution in [1.82, 2.24) is 0 Å². The van der Waals surface area contributed by atoms with Crippen LogP contribution in [-0.4, -0.2) is 93.0 Å². The molecule has 0 aromatic heterocycles. The van der Waals surface area contributed by atoms with Gasteiger partial charge < -0.3 is 38.6 Å². The molecular formula is C47H86O10. The van der Waals surface area contributed by atoms with Gasteiger partial charge in [0.25, 0.3) is 0 Å². The summed E-state index contributed by atoms with van der Waals surface area (Å²) in [5.74, 6) is -0.723. The van der Waals surface area contributed by atoms with Gasteiger partial charge in [-0.1, -0.05) is 141 Å². The van der Waals surface area contributed by atoms with Crippen LogP contribution in [0.2, 0.25) is 0 Å². The summed E-state index contributed by atoms with van der Waals surface area (Å²) >= 11 is 0. The molecule has 1 saturated heterocycles. The third kappa shape index (κ3) is 29.1. The predicted octanol–water partition coefficient (Wildman–Crippen LogP) is 10.6. The number of unbranched alkanes of at least 4 members (excludes halogenated alkanes) is 22. The molecule has 1 rings (SSSR count). The van der Waals surface area contributed by atoms with E-state index in [-0.39, 0.29) is 45.4 Å². The minimum absolute atomic E-state index is 0.0282. The summed E-state index contributed by atoms with van der Waals surface area (Å²) in [6.07, 6.45) is 35.9. The SMILES string of the molecule is CCCCCCCC/C=C/CCCCCCCC(=O)OC[C@H]1OC(OC)C(OC(=O)CCCCCCC/C=C/CCCCCCCC)[C@@H](OCCO)C1OCCO. The number of ether oxygens (including phenoxy) is 6. The first-order chi connectivity index (χ1) is 28.0. The molecule has 0 bridgehead atoms. The van der Waals surface area contributed by atoms with E-state index in [9.17, 15) is 19.8 Å². The van der Waals surface area contributed by atoms with Gasteiger partial charge in [0, 0.05) is 20.0 Å². The van der Waals surface area contributed by atoms with E-state index in [1.165, 1.54) is 103 Å². The molecule has 10 heteroatoms. The lowest BCUT2D eigenvalue weighted by Gasteiger charge is -2.44. The first-order valence-electron chi connectivity index (χ1n) is 23.3. The molecular weight excluding hydrogens is 725 g/mol. The van der Waals surface area contributed by atoms with Gasteiger partial charge in [-0.2, -0.15) is 0 Å². The van der Waals surface area contributed by atoms with Crippen molar-refractivity contribution in [2.45, 2.75) is 224 Å². The topological polar surface area (TPSA) is 130 Å². The number of carbonyl (C=O) groups is 2. The van der Waals surface area contributed by atoms with E-state index in [1.807, 2.05) is 0 Å². The van der Waals surface area contributed by atoms with Crippen molar-refractivity contribution in [2.24, 2.45) is 0 Å². The number of methoxy groups -OCH3 is 1. The number of aliphatic hydroxyl groups is 2. The van der Waals surface area contributed by atoms with Gasteiger partial charge in [0.05, 0.1) is 26.4 Å². The Morgan fingerprint density at radius 1 is 0.526 bits per heavy atom. The van der Waals surface area contributed by atoms with Gasteiger partial charge in [-0.05, 0) is 64.2 Å². The lowest BCUT2D eigenvalue weighted by molar-refractivity contribution is -0.312. The van der Waals surface area contributed by atoms with Crippen LogP contribution >= 0.6 is 0 Å². The molecule has 0 saturated carbocycles. The molecule has 0 aliphatic carbocycles. The molecule has 1 aliphatic rings. The standard InChI is InChI=1S/C47H86O10/c1-4-6-8-10-12-14-16-18-20-22-24-26-28-30-32-34-42(50)55-40-41-44(53-38-36-48)45(54-39-37-49)46(47(52-3)56-41)57-43(51)35-33-31-29-27-25-23-21-19-17-15-13-11-9-7-5-2/h18-21,41,44-49H,4-17,22-40H2,1-3H3/b20-18+,21-19+/t41-,44?,45+,46?,47?/m1/s1. The summed E-state index contributed by atoms with van der Waals surface area (Å²) in [6.45, 7) is 3.81. The second-order valence-electron chi connectivity index (χ2n) is 15.7. The molecule has 0 radical (unpaired) electrons. The van der Waals surface area contributed by atoms with Gasteiger partial charge >= 0.3 is 11.9 Å². The van der Waals surface area contributed by atoms with E-state index < -0.39 is 36.7 Å². The zero-order chi connectivity index (χ0) is 41.4. The van der Waals surface area contributed by atoms with Crippen LogP contribution in [0.1, 0.15) is 194 Å². The summed E-state index contributed by atoms with van der Waals surface area (Å²) in [5, 5.41) is 19.1. The normalized spacial score (nSPS) is 19.8. The number of hydrogen-bond donors (Lipinski definition) is 2. The molecule has 0 amide bonds. The van der Waals surface area contributed by atoms with Crippen LogP contribution in [0.5, 0.6) is 0 Å². The molecule has 0 spiro atoms. The Labute approximate surface area is 348 Å². The summed E-state index contributed by atoms with van der Waals surface area (Å²) in [7, 11) is 1.45. The Balaban J connectivity index is 2.43. The van der Waals surface area contributed by atoms with E-state index >= 15 is 0 Å². The van der Waals surface area contributed by atoms with E-state index in [0.717, 1.165) is 64.2 Å². The van der Waals surface area contributed by atoms with Crippen LogP contribution in [0.4, 0.5) is 0 Å². The average Bonchev–Trinajstić information content (AvgIpc) is 3.21. The van der Waals surface area contributed by atoms with Crippen molar-refractivity contribution in [1.29, 1.82) is 0 Å². The van der Waals surface area contributed by atoms with Crippen molar-refractivity contribution in [2.75, 3.05) is 40.1 Å². The van der Waals surface area contributed by atoms with Crippen molar-refractivity contribution < 1.29 is 48.2 Å². The van der Waals surface area contributed by atoms with Gasteiger partial charge in [0.1, 0.15) is 24.9 Å². The fourth-order valence-corrected chi connectivity index (χ4v) is 7.23.